The summed E-state index contributed by atoms with van der Waals surface area (Å²) in [7, 11) is 0. The quantitative estimate of drug-likeness (QED) is 0.277. The van der Waals surface area contributed by atoms with Gasteiger partial charge in [0.2, 0.25) is 0 Å². The standard InChI is InChI=1S/C10H20O.C9H16O.2C9H18.2C8H16O/c1-8(2)9-5-6-11-10(3,4)7-9;1-6(2)8-5-7-3-4-9(8)10-7;1-8(2,3)9(4)6-5-7-9;1-8(2)9-6-4-3-5-7-9;1-7(2)8-4-3-5-9-6-8;1-7(2)8-5-3-4-6-9-8/h8-9H,5-7H2,1-4H3;6-9H,3-5H2,1-2H3;5-7H2,1-4H3;8-9H,3-7H2,1-2H3;2*7-8H,3-6H2,1-2H3. The van der Waals surface area contributed by atoms with Crippen LogP contribution in [0.5, 0.6) is 0 Å². The van der Waals surface area contributed by atoms with Crippen LogP contribution in [0.4, 0.5) is 0 Å². The highest BCUT2D eigenvalue weighted by atomic mass is 16.5. The first-order chi connectivity index (χ1) is 26.7. The summed E-state index contributed by atoms with van der Waals surface area (Å²) < 4.78 is 22.3. The maximum Gasteiger partial charge on any atom is 0.0629 e. The molecule has 7 fully saturated rings. The molecule has 0 aromatic rings. The molecule has 2 aliphatic carbocycles. The highest BCUT2D eigenvalue weighted by Crippen LogP contribution is 2.53. The van der Waals surface area contributed by atoms with Gasteiger partial charge in [-0.25, -0.2) is 0 Å². The van der Waals surface area contributed by atoms with Crippen LogP contribution in [0.15, 0.2) is 0 Å². The van der Waals surface area contributed by atoms with Crippen molar-refractivity contribution >= 4 is 0 Å². The summed E-state index contributed by atoms with van der Waals surface area (Å²) in [5.74, 6) is 7.74. The fourth-order valence-corrected chi connectivity index (χ4v) is 10.1. The van der Waals surface area contributed by atoms with E-state index in [0.29, 0.717) is 35.1 Å². The molecule has 6 atom stereocenters. The molecule has 2 bridgehead atoms. The number of ether oxygens (including phenoxy) is 4. The normalized spacial score (nSPS) is 30.7. The molecule has 0 spiro atoms. The first-order valence-corrected chi connectivity index (χ1v) is 25.1. The van der Waals surface area contributed by atoms with Crippen molar-refractivity contribution in [3.8, 4) is 0 Å². The molecule has 7 rings (SSSR count). The van der Waals surface area contributed by atoms with E-state index in [2.05, 4.69) is 111 Å². The fraction of sp³-hybridized carbons (Fsp3) is 1.00. The summed E-state index contributed by atoms with van der Waals surface area (Å²) in [6.07, 6.45) is 26.6. The van der Waals surface area contributed by atoms with Crippen molar-refractivity contribution in [2.75, 3.05) is 26.4 Å². The summed E-state index contributed by atoms with van der Waals surface area (Å²) in [6.45, 7) is 40.8. The molecular formula is C53H104O4. The van der Waals surface area contributed by atoms with Crippen LogP contribution >= 0.6 is 0 Å². The summed E-state index contributed by atoms with van der Waals surface area (Å²) >= 11 is 0. The molecule has 5 aliphatic heterocycles. The van der Waals surface area contributed by atoms with Gasteiger partial charge in [0.25, 0.3) is 0 Å². The average molecular weight is 805 g/mol. The zero-order valence-corrected chi connectivity index (χ0v) is 41.6. The lowest BCUT2D eigenvalue weighted by Crippen LogP contribution is -2.38. The lowest BCUT2D eigenvalue weighted by Gasteiger charge is -2.49. The van der Waals surface area contributed by atoms with Gasteiger partial charge >= 0.3 is 0 Å². The molecule has 0 radical (unpaired) electrons. The van der Waals surface area contributed by atoms with Crippen LogP contribution in [-0.4, -0.2) is 50.3 Å². The van der Waals surface area contributed by atoms with E-state index in [1.54, 1.807) is 0 Å². The van der Waals surface area contributed by atoms with E-state index < -0.39 is 0 Å². The maximum atomic E-state index is 5.75. The summed E-state index contributed by atoms with van der Waals surface area (Å²) in [5.41, 5.74) is 1.32. The molecule has 5 saturated heterocycles. The van der Waals surface area contributed by atoms with E-state index in [-0.39, 0.29) is 5.60 Å². The summed E-state index contributed by atoms with van der Waals surface area (Å²) in [6, 6.07) is 0. The number of fused-ring (bicyclic) bond motifs is 2. The Kier molecular flexibility index (Phi) is 24.5. The van der Waals surface area contributed by atoms with Crippen LogP contribution in [0, 0.1) is 64.1 Å². The number of rotatable bonds is 5. The Balaban J connectivity index is 0.000000236. The molecule has 5 heterocycles. The minimum Gasteiger partial charge on any atom is -0.381 e. The van der Waals surface area contributed by atoms with Crippen LogP contribution in [0.25, 0.3) is 0 Å². The van der Waals surface area contributed by atoms with Gasteiger partial charge in [0.15, 0.2) is 0 Å². The van der Waals surface area contributed by atoms with Gasteiger partial charge in [0, 0.05) is 26.4 Å². The molecule has 4 nitrogen and oxygen atoms in total. The molecule has 7 aliphatic rings. The first-order valence-electron chi connectivity index (χ1n) is 25.1. The van der Waals surface area contributed by atoms with Crippen molar-refractivity contribution in [2.45, 2.75) is 250 Å². The lowest BCUT2D eigenvalue weighted by atomic mass is 9.56. The van der Waals surface area contributed by atoms with Crippen molar-refractivity contribution in [2.24, 2.45) is 64.1 Å². The molecular weight excluding hydrogens is 701 g/mol. The van der Waals surface area contributed by atoms with Crippen molar-refractivity contribution < 1.29 is 18.9 Å². The number of hydrogen-bond donors (Lipinski definition) is 0. The summed E-state index contributed by atoms with van der Waals surface area (Å²) in [5, 5.41) is 0. The molecule has 0 aromatic carbocycles. The molecule has 2 saturated carbocycles. The molecule has 340 valence electrons. The minimum atomic E-state index is 0.132. The van der Waals surface area contributed by atoms with Crippen LogP contribution in [0.3, 0.4) is 0 Å². The van der Waals surface area contributed by atoms with Crippen LogP contribution in [0.1, 0.15) is 226 Å². The third kappa shape index (κ3) is 20.1. The van der Waals surface area contributed by atoms with E-state index >= 15 is 0 Å². The van der Waals surface area contributed by atoms with Gasteiger partial charge in [-0.05, 0) is 155 Å². The maximum absolute atomic E-state index is 5.75. The van der Waals surface area contributed by atoms with E-state index in [9.17, 15) is 0 Å². The van der Waals surface area contributed by atoms with Crippen molar-refractivity contribution in [1.29, 1.82) is 0 Å². The third-order valence-corrected chi connectivity index (χ3v) is 15.6. The Bertz CT molecular complexity index is 933. The van der Waals surface area contributed by atoms with E-state index in [1.165, 1.54) is 116 Å². The Morgan fingerprint density at radius 3 is 1.40 bits per heavy atom. The van der Waals surface area contributed by atoms with E-state index in [4.69, 9.17) is 18.9 Å². The second-order valence-corrected chi connectivity index (χ2v) is 23.3. The number of hydrogen-bond acceptors (Lipinski definition) is 4. The predicted octanol–water partition coefficient (Wildman–Crippen LogP) is 15.8. The minimum absolute atomic E-state index is 0.132. The second kappa shape index (κ2) is 26.3. The SMILES string of the molecule is CC(C)(C)C1(C)CCC1.CC(C)C1CC2CCC1O2.CC(C)C1CCCCC1.CC(C)C1CCCCO1.CC(C)C1CCCOC1.CC(C)C1CCOC(C)(C)C1. The van der Waals surface area contributed by atoms with Gasteiger partial charge in [-0.2, -0.15) is 0 Å². The molecule has 0 amide bonds. The first kappa shape index (κ1) is 53.0. The van der Waals surface area contributed by atoms with Gasteiger partial charge < -0.3 is 18.9 Å². The third-order valence-electron chi connectivity index (χ3n) is 15.6. The van der Waals surface area contributed by atoms with Gasteiger partial charge in [-0.3, -0.25) is 0 Å². The van der Waals surface area contributed by atoms with Gasteiger partial charge in [-0.1, -0.05) is 135 Å². The monoisotopic (exact) mass is 805 g/mol. The highest BCUT2D eigenvalue weighted by Gasteiger charge is 2.42. The van der Waals surface area contributed by atoms with Gasteiger partial charge in [-0.15, -0.1) is 0 Å². The lowest BCUT2D eigenvalue weighted by molar-refractivity contribution is -0.0799. The van der Waals surface area contributed by atoms with Crippen LogP contribution < -0.4 is 0 Å². The molecule has 4 heteroatoms. The topological polar surface area (TPSA) is 36.9 Å². The van der Waals surface area contributed by atoms with Gasteiger partial charge in [0.1, 0.15) is 0 Å². The Morgan fingerprint density at radius 2 is 1.12 bits per heavy atom. The molecule has 0 aromatic heterocycles. The van der Waals surface area contributed by atoms with Crippen LogP contribution in [-0.2, 0) is 18.9 Å². The van der Waals surface area contributed by atoms with Crippen LogP contribution in [0.2, 0.25) is 0 Å². The van der Waals surface area contributed by atoms with E-state index in [0.717, 1.165) is 73.8 Å². The average Bonchev–Trinajstić information content (AvgIpc) is 3.80. The van der Waals surface area contributed by atoms with Gasteiger partial charge in [0.05, 0.1) is 23.9 Å². The Hall–Kier alpha value is -0.160. The Labute approximate surface area is 358 Å². The highest BCUT2D eigenvalue weighted by molar-refractivity contribution is 4.93. The van der Waals surface area contributed by atoms with Crippen molar-refractivity contribution in [1.82, 2.24) is 0 Å². The fourth-order valence-electron chi connectivity index (χ4n) is 10.1. The zero-order valence-electron chi connectivity index (χ0n) is 41.6. The molecule has 0 N–H and O–H groups in total. The molecule has 6 unspecified atom stereocenters. The summed E-state index contributed by atoms with van der Waals surface area (Å²) in [4.78, 5) is 0. The predicted molar refractivity (Wildman–Crippen MR) is 248 cm³/mol. The molecule has 57 heavy (non-hydrogen) atoms. The zero-order chi connectivity index (χ0) is 42.8. The van der Waals surface area contributed by atoms with Crippen molar-refractivity contribution in [3.63, 3.8) is 0 Å². The van der Waals surface area contributed by atoms with E-state index in [1.807, 2.05) is 0 Å². The Morgan fingerprint density at radius 1 is 0.526 bits per heavy atom. The second-order valence-electron chi connectivity index (χ2n) is 23.3. The smallest absolute Gasteiger partial charge is 0.0629 e. The van der Waals surface area contributed by atoms with Crippen molar-refractivity contribution in [3.05, 3.63) is 0 Å². The largest absolute Gasteiger partial charge is 0.381 e.